The third-order valence-corrected chi connectivity index (χ3v) is 6.03. The van der Waals surface area contributed by atoms with E-state index < -0.39 is 5.92 Å². The van der Waals surface area contributed by atoms with Crippen LogP contribution in [0.25, 0.3) is 27.7 Å². The van der Waals surface area contributed by atoms with E-state index in [0.29, 0.717) is 29.3 Å². The molecule has 4 aromatic rings. The molecule has 4 heterocycles. The molecule has 1 aliphatic carbocycles. The average molecular weight is 469 g/mol. The van der Waals surface area contributed by atoms with Crippen molar-refractivity contribution in [3.05, 3.63) is 42.5 Å². The van der Waals surface area contributed by atoms with E-state index >= 15 is 0 Å². The van der Waals surface area contributed by atoms with Crippen LogP contribution in [0.2, 0.25) is 0 Å². The summed E-state index contributed by atoms with van der Waals surface area (Å²) in [5.74, 6) is -2.62. The maximum Gasteiger partial charge on any atom is 0.255 e. The molecular formula is C23H25F2N7O2. The van der Waals surface area contributed by atoms with Crippen LogP contribution in [0.1, 0.15) is 30.1 Å². The molecule has 0 aromatic carbocycles. The lowest BCUT2D eigenvalue weighted by molar-refractivity contribution is -0.108. The topological polar surface area (TPSA) is 109 Å². The van der Waals surface area contributed by atoms with Crippen LogP contribution < -0.4 is 10.6 Å². The number of amides is 1. The smallest absolute Gasteiger partial charge is 0.255 e. The summed E-state index contributed by atoms with van der Waals surface area (Å²) in [5, 5.41) is 11.0. The molecule has 9 nitrogen and oxygen atoms in total. The molecular weight excluding hydrogens is 444 g/mol. The molecule has 1 amide bonds. The van der Waals surface area contributed by atoms with Gasteiger partial charge in [0.1, 0.15) is 5.65 Å². The first kappa shape index (κ1) is 22.2. The zero-order valence-corrected chi connectivity index (χ0v) is 18.8. The number of pyridine rings is 1. The Morgan fingerprint density at radius 3 is 2.97 bits per heavy atom. The van der Waals surface area contributed by atoms with Crippen molar-refractivity contribution in [1.82, 2.24) is 29.9 Å². The Bertz CT molecular complexity index is 1340. The van der Waals surface area contributed by atoms with Crippen molar-refractivity contribution in [3.63, 3.8) is 0 Å². The number of nitrogens with one attached hydrogen (secondary N) is 3. The number of ether oxygens (including phenoxy) is 1. The molecule has 1 unspecified atom stereocenters. The largest absolute Gasteiger partial charge is 0.383 e. The van der Waals surface area contributed by atoms with Gasteiger partial charge in [0.05, 0.1) is 23.9 Å². The van der Waals surface area contributed by atoms with E-state index in [0.717, 1.165) is 16.5 Å². The van der Waals surface area contributed by atoms with Gasteiger partial charge >= 0.3 is 0 Å². The molecule has 4 aromatic heterocycles. The number of hydrogen-bond donors (Lipinski definition) is 3. The number of carbonyl (C=O) groups is 1. The van der Waals surface area contributed by atoms with E-state index in [1.165, 1.54) is 6.20 Å². The van der Waals surface area contributed by atoms with E-state index in [4.69, 9.17) is 4.74 Å². The van der Waals surface area contributed by atoms with Crippen molar-refractivity contribution in [1.29, 1.82) is 0 Å². The van der Waals surface area contributed by atoms with Crippen molar-refractivity contribution < 1.29 is 18.3 Å². The molecule has 34 heavy (non-hydrogen) atoms. The van der Waals surface area contributed by atoms with Gasteiger partial charge in [0, 0.05) is 62.1 Å². The van der Waals surface area contributed by atoms with E-state index in [9.17, 15) is 13.6 Å². The number of aromatic nitrogens is 5. The molecule has 1 aliphatic rings. The first-order valence-electron chi connectivity index (χ1n) is 11.1. The van der Waals surface area contributed by atoms with E-state index in [1.54, 1.807) is 24.0 Å². The molecule has 1 fully saturated rings. The zero-order valence-electron chi connectivity index (χ0n) is 18.8. The number of nitrogens with zero attached hydrogens (tertiary/aromatic N) is 4. The molecule has 0 spiro atoms. The first-order valence-corrected chi connectivity index (χ1v) is 11.1. The fourth-order valence-corrected chi connectivity index (χ4v) is 4.31. The number of hydrogen-bond acceptors (Lipinski definition) is 6. The highest BCUT2D eigenvalue weighted by Gasteiger charge is 2.45. The van der Waals surface area contributed by atoms with Crippen LogP contribution in [0.5, 0.6) is 0 Å². The fraction of sp³-hybridized carbons (Fsp3) is 0.391. The molecule has 11 heteroatoms. The van der Waals surface area contributed by atoms with Crippen LogP contribution in [-0.4, -0.2) is 62.7 Å². The van der Waals surface area contributed by atoms with Crippen molar-refractivity contribution in [2.24, 2.45) is 5.92 Å². The minimum absolute atomic E-state index is 0.0616. The van der Waals surface area contributed by atoms with Crippen molar-refractivity contribution in [2.75, 3.05) is 25.6 Å². The number of fused-ring (bicyclic) bond motifs is 2. The Morgan fingerprint density at radius 1 is 1.38 bits per heavy atom. The second kappa shape index (κ2) is 8.64. The van der Waals surface area contributed by atoms with Crippen LogP contribution in [-0.2, 0) is 4.74 Å². The summed E-state index contributed by atoms with van der Waals surface area (Å²) in [6, 6.07) is 3.83. The lowest BCUT2D eigenvalue weighted by atomic mass is 9.81. The molecule has 1 atom stereocenters. The Hall–Kier alpha value is -3.60. The summed E-state index contributed by atoms with van der Waals surface area (Å²) in [5.41, 5.74) is 3.45. The molecule has 0 aliphatic heterocycles. The summed E-state index contributed by atoms with van der Waals surface area (Å²) >= 11 is 0. The van der Waals surface area contributed by atoms with Gasteiger partial charge in [0.15, 0.2) is 0 Å². The predicted molar refractivity (Wildman–Crippen MR) is 123 cm³/mol. The normalized spacial score (nSPS) is 16.5. The number of carbonyl (C=O) groups excluding carboxylic acids is 1. The second-order valence-corrected chi connectivity index (χ2v) is 8.80. The van der Waals surface area contributed by atoms with Gasteiger partial charge in [-0.1, -0.05) is 0 Å². The lowest BCUT2D eigenvalue weighted by Crippen LogP contribution is -2.42. The van der Waals surface area contributed by atoms with Gasteiger partial charge in [-0.2, -0.15) is 10.1 Å². The molecule has 0 bridgehead atoms. The van der Waals surface area contributed by atoms with Crippen LogP contribution in [0.4, 0.5) is 14.7 Å². The number of methoxy groups -OCH3 is 1. The maximum absolute atomic E-state index is 13.0. The number of halogens is 2. The predicted octanol–water partition coefficient (Wildman–Crippen LogP) is 3.49. The van der Waals surface area contributed by atoms with Gasteiger partial charge in [0.25, 0.3) is 5.91 Å². The van der Waals surface area contributed by atoms with E-state index in [-0.39, 0.29) is 37.3 Å². The van der Waals surface area contributed by atoms with Gasteiger partial charge in [-0.25, -0.2) is 18.3 Å². The fourth-order valence-electron chi connectivity index (χ4n) is 4.31. The summed E-state index contributed by atoms with van der Waals surface area (Å²) in [6.45, 7) is 2.74. The van der Waals surface area contributed by atoms with Gasteiger partial charge in [0.2, 0.25) is 11.9 Å². The monoisotopic (exact) mass is 469 g/mol. The molecule has 3 N–H and O–H groups in total. The van der Waals surface area contributed by atoms with Crippen LogP contribution >= 0.6 is 0 Å². The highest BCUT2D eigenvalue weighted by molar-refractivity contribution is 6.02. The van der Waals surface area contributed by atoms with Crippen molar-refractivity contribution in [3.8, 4) is 11.1 Å². The third kappa shape index (κ3) is 4.30. The Balaban J connectivity index is 1.37. The summed E-state index contributed by atoms with van der Waals surface area (Å²) in [4.78, 5) is 24.8. The lowest BCUT2D eigenvalue weighted by Gasteiger charge is -2.34. The van der Waals surface area contributed by atoms with Gasteiger partial charge < -0.3 is 20.4 Å². The van der Waals surface area contributed by atoms with Gasteiger partial charge in [-0.3, -0.25) is 4.79 Å². The zero-order chi connectivity index (χ0) is 23.9. The highest BCUT2D eigenvalue weighted by Crippen LogP contribution is 2.41. The van der Waals surface area contributed by atoms with E-state index in [1.807, 2.05) is 25.3 Å². The van der Waals surface area contributed by atoms with Crippen molar-refractivity contribution in [2.45, 2.75) is 31.7 Å². The molecule has 5 rings (SSSR count). The van der Waals surface area contributed by atoms with E-state index in [2.05, 4.69) is 30.7 Å². The minimum Gasteiger partial charge on any atom is -0.383 e. The number of alkyl halides is 2. The third-order valence-electron chi connectivity index (χ3n) is 6.03. The molecule has 0 radical (unpaired) electrons. The first-order chi connectivity index (χ1) is 16.3. The van der Waals surface area contributed by atoms with Crippen LogP contribution in [0.3, 0.4) is 0 Å². The van der Waals surface area contributed by atoms with Gasteiger partial charge in [-0.05, 0) is 30.5 Å². The summed E-state index contributed by atoms with van der Waals surface area (Å²) in [6.07, 6.45) is 6.49. The quantitative estimate of drug-likeness (QED) is 0.365. The Kier molecular flexibility index (Phi) is 5.64. The highest BCUT2D eigenvalue weighted by atomic mass is 19.3. The standard InChI is InChI=1S/C23H25F2N7O2/c1-13(12-34-2)30-22-28-10-17-16(9-26-20(17)31-22)15-3-4-32-19(5-15)18(11-29-32)21(33)27-8-14-6-23(24,25)7-14/h3-5,9-11,13-14H,6-8,12H2,1-2H3,(H,27,33)(H2,26,28,30,31). The number of rotatable bonds is 8. The maximum atomic E-state index is 13.0. The Morgan fingerprint density at radius 2 is 2.21 bits per heavy atom. The van der Waals surface area contributed by atoms with Crippen LogP contribution in [0, 0.1) is 5.92 Å². The number of H-pyrrole nitrogens is 1. The Labute approximate surface area is 193 Å². The molecule has 178 valence electrons. The van der Waals surface area contributed by atoms with Crippen molar-refractivity contribution >= 4 is 28.4 Å². The summed E-state index contributed by atoms with van der Waals surface area (Å²) in [7, 11) is 1.64. The number of aromatic amines is 1. The SMILES string of the molecule is COCC(C)Nc1ncc2c(-c3ccn4ncc(C(=O)NCC5CC(F)(F)C5)c4c3)c[nH]c2n1. The average Bonchev–Trinajstić information content (AvgIpc) is 3.39. The van der Waals surface area contributed by atoms with Crippen LogP contribution in [0.15, 0.2) is 36.9 Å². The van der Waals surface area contributed by atoms with Gasteiger partial charge in [-0.15, -0.1) is 0 Å². The minimum atomic E-state index is -2.60. The molecule has 0 saturated heterocycles. The molecule has 1 saturated carbocycles. The second-order valence-electron chi connectivity index (χ2n) is 8.80. The number of anilines is 1. The summed E-state index contributed by atoms with van der Waals surface area (Å²) < 4.78 is 32.8.